The number of primary amides is 1. The Balaban J connectivity index is 1.38. The van der Waals surface area contributed by atoms with Gasteiger partial charge in [-0.25, -0.2) is 4.79 Å². The SMILES string of the molecule is CC(C)(C)OC(=O)NCCCCCNC(=O)CCCCCN1C(=CC=CC=CC2=[N+](CCCCCC(N)=O)c3ccccc3C2(C)C)C(C)(C)c2cc(S(=O)(=O)O)ccc21. The first-order valence-corrected chi connectivity index (χ1v) is 22.9. The number of nitrogens with zero attached hydrogens (tertiary/aromatic N) is 2. The maximum absolute atomic E-state index is 12.5. The van der Waals surface area contributed by atoms with E-state index in [4.69, 9.17) is 10.5 Å². The lowest BCUT2D eigenvalue weighted by Crippen LogP contribution is -2.33. The van der Waals surface area contributed by atoms with Gasteiger partial charge in [0.05, 0.1) is 10.3 Å². The number of unbranched alkanes of at least 4 members (excludes halogenated alkanes) is 6. The zero-order valence-electron chi connectivity index (χ0n) is 36.8. The second-order valence-electron chi connectivity index (χ2n) is 17.8. The van der Waals surface area contributed by atoms with Crippen molar-refractivity contribution in [2.75, 3.05) is 31.1 Å². The first kappa shape index (κ1) is 47.9. The molecule has 0 aromatic heterocycles. The van der Waals surface area contributed by atoms with Crippen LogP contribution in [0.25, 0.3) is 0 Å². The highest BCUT2D eigenvalue weighted by Gasteiger charge is 2.44. The van der Waals surface area contributed by atoms with Crippen molar-refractivity contribution in [2.45, 2.75) is 140 Å². The highest BCUT2D eigenvalue weighted by Crippen LogP contribution is 2.48. The Morgan fingerprint density at radius 3 is 2.18 bits per heavy atom. The van der Waals surface area contributed by atoms with Gasteiger partial charge in [-0.05, 0) is 109 Å². The molecule has 60 heavy (non-hydrogen) atoms. The Morgan fingerprint density at radius 2 is 1.48 bits per heavy atom. The van der Waals surface area contributed by atoms with Crippen LogP contribution < -0.4 is 21.3 Å². The van der Waals surface area contributed by atoms with Gasteiger partial charge in [-0.15, -0.1) is 0 Å². The van der Waals surface area contributed by atoms with Gasteiger partial charge >= 0.3 is 6.09 Å². The van der Waals surface area contributed by atoms with Crippen molar-refractivity contribution in [3.63, 3.8) is 0 Å². The van der Waals surface area contributed by atoms with Gasteiger partial charge in [-0.1, -0.05) is 56.7 Å². The molecule has 0 unspecified atom stereocenters. The summed E-state index contributed by atoms with van der Waals surface area (Å²) in [5.74, 6) is -0.238. The van der Waals surface area contributed by atoms with Gasteiger partial charge in [-0.2, -0.15) is 13.0 Å². The van der Waals surface area contributed by atoms with E-state index in [-0.39, 0.29) is 22.1 Å². The van der Waals surface area contributed by atoms with E-state index >= 15 is 0 Å². The summed E-state index contributed by atoms with van der Waals surface area (Å²) in [7, 11) is -4.39. The monoisotopic (exact) mass is 846 g/mol. The van der Waals surface area contributed by atoms with Crippen LogP contribution in [0, 0.1) is 0 Å². The molecule has 2 aromatic rings. The minimum absolute atomic E-state index is 0.0254. The highest BCUT2D eigenvalue weighted by atomic mass is 32.2. The fourth-order valence-electron chi connectivity index (χ4n) is 8.02. The van der Waals surface area contributed by atoms with E-state index < -0.39 is 27.2 Å². The molecule has 328 valence electrons. The quantitative estimate of drug-likeness (QED) is 0.0396. The number of carbonyl (C=O) groups is 3. The molecule has 0 spiro atoms. The molecule has 0 aliphatic carbocycles. The normalized spacial score (nSPS) is 16.5. The summed E-state index contributed by atoms with van der Waals surface area (Å²) >= 11 is 0. The topological polar surface area (TPSA) is 171 Å². The largest absolute Gasteiger partial charge is 0.444 e. The lowest BCUT2D eigenvalue weighted by atomic mass is 9.81. The number of amides is 3. The number of anilines is 1. The number of alkyl carbamates (subject to hydrolysis) is 1. The van der Waals surface area contributed by atoms with E-state index in [1.165, 1.54) is 23.0 Å². The van der Waals surface area contributed by atoms with Crippen LogP contribution in [0.2, 0.25) is 0 Å². The third-order valence-electron chi connectivity index (χ3n) is 11.1. The molecule has 13 heteroatoms. The van der Waals surface area contributed by atoms with E-state index in [0.29, 0.717) is 32.5 Å². The smallest absolute Gasteiger partial charge is 0.407 e. The van der Waals surface area contributed by atoms with E-state index in [2.05, 4.69) is 90.3 Å². The number of carbonyl (C=O) groups excluding carboxylic acids is 3. The van der Waals surface area contributed by atoms with Gasteiger partial charge in [-0.3, -0.25) is 14.1 Å². The molecule has 2 aliphatic rings. The minimum atomic E-state index is -4.39. The molecule has 0 saturated carbocycles. The van der Waals surface area contributed by atoms with Crippen LogP contribution in [0.1, 0.15) is 130 Å². The molecular weight excluding hydrogens is 779 g/mol. The maximum Gasteiger partial charge on any atom is 0.407 e. The summed E-state index contributed by atoms with van der Waals surface area (Å²) in [6.45, 7) is 16.7. The van der Waals surface area contributed by atoms with E-state index in [9.17, 15) is 27.4 Å². The molecule has 2 aliphatic heterocycles. The number of nitrogens with one attached hydrogen (secondary N) is 2. The second-order valence-corrected chi connectivity index (χ2v) is 19.3. The molecule has 5 N–H and O–H groups in total. The molecule has 0 radical (unpaired) electrons. The summed E-state index contributed by atoms with van der Waals surface area (Å²) in [6.07, 6.45) is 18.3. The summed E-state index contributed by atoms with van der Waals surface area (Å²) < 4.78 is 41.8. The molecule has 0 bridgehead atoms. The number of hydrogen-bond donors (Lipinski definition) is 4. The van der Waals surface area contributed by atoms with Crippen LogP contribution in [0.3, 0.4) is 0 Å². The Hall–Kier alpha value is -4.75. The Labute approximate surface area is 358 Å². The van der Waals surface area contributed by atoms with Crippen LogP contribution in [-0.4, -0.2) is 72.9 Å². The minimum Gasteiger partial charge on any atom is -0.444 e. The number of fused-ring (bicyclic) bond motifs is 2. The van der Waals surface area contributed by atoms with Crippen molar-refractivity contribution < 1.29 is 36.7 Å². The number of para-hydroxylation sites is 1. The van der Waals surface area contributed by atoms with Crippen molar-refractivity contribution in [3.8, 4) is 0 Å². The zero-order chi connectivity index (χ0) is 44.1. The molecule has 12 nitrogen and oxygen atoms in total. The molecule has 0 atom stereocenters. The number of allylic oxidation sites excluding steroid dienone is 6. The zero-order valence-corrected chi connectivity index (χ0v) is 37.6. The molecule has 0 fully saturated rings. The molecule has 4 rings (SSSR count). The van der Waals surface area contributed by atoms with Crippen molar-refractivity contribution in [1.29, 1.82) is 0 Å². The van der Waals surface area contributed by atoms with Crippen LogP contribution in [0.5, 0.6) is 0 Å². The molecule has 2 aromatic carbocycles. The van der Waals surface area contributed by atoms with Gasteiger partial charge in [0.1, 0.15) is 12.1 Å². The second kappa shape index (κ2) is 21.2. The summed E-state index contributed by atoms with van der Waals surface area (Å²) in [5.41, 5.74) is 10.5. The average molecular weight is 847 g/mol. The van der Waals surface area contributed by atoms with Gasteiger partial charge < -0.3 is 26.0 Å². The Kier molecular flexibility index (Phi) is 16.9. The standard InChI is InChI=1S/C47H67N5O7S/c1-45(2,3)59-44(55)50-31-19-11-18-30-49-43(54)27-15-10-21-33-52-39-29-28-35(60(56,57)58)34-37(39)47(6,7)41(52)25-13-8-12-24-40-46(4,5)36-22-16-17-23-38(36)51(40)32-20-9-14-26-42(48)53/h8,12-13,16-17,22-25,28-29,34H,9-11,14-15,18-21,26-27,30-33H2,1-7H3,(H4-,48,49,50,53,54,55,56,57,58)/p+1. The third-order valence-corrected chi connectivity index (χ3v) is 12.0. The van der Waals surface area contributed by atoms with Gasteiger partial charge in [0.15, 0.2) is 5.71 Å². The van der Waals surface area contributed by atoms with Gasteiger partial charge in [0.25, 0.3) is 10.1 Å². The van der Waals surface area contributed by atoms with Crippen LogP contribution >= 0.6 is 0 Å². The predicted molar refractivity (Wildman–Crippen MR) is 239 cm³/mol. The number of nitrogens with two attached hydrogens (primary N) is 1. The van der Waals surface area contributed by atoms with Crippen molar-refractivity contribution in [2.24, 2.45) is 5.73 Å². The molecule has 2 heterocycles. The molecular formula is C47H68N5O7S+. The van der Waals surface area contributed by atoms with E-state index in [1.807, 2.05) is 32.9 Å². The first-order chi connectivity index (χ1) is 28.2. The first-order valence-electron chi connectivity index (χ1n) is 21.4. The lowest BCUT2D eigenvalue weighted by Gasteiger charge is -2.27. The van der Waals surface area contributed by atoms with Crippen molar-refractivity contribution >= 4 is 45.1 Å². The van der Waals surface area contributed by atoms with E-state index in [1.54, 1.807) is 12.1 Å². The molecule has 3 amide bonds. The van der Waals surface area contributed by atoms with Crippen molar-refractivity contribution in [3.05, 3.63) is 89.7 Å². The summed E-state index contributed by atoms with van der Waals surface area (Å²) in [4.78, 5) is 37.6. The van der Waals surface area contributed by atoms with E-state index in [0.717, 1.165) is 81.3 Å². The maximum atomic E-state index is 12.5. The Morgan fingerprint density at radius 1 is 0.817 bits per heavy atom. The van der Waals surface area contributed by atoms with Gasteiger partial charge in [0, 0.05) is 73.4 Å². The average Bonchev–Trinajstić information content (AvgIpc) is 3.50. The van der Waals surface area contributed by atoms with Crippen LogP contribution in [-0.2, 0) is 35.3 Å². The van der Waals surface area contributed by atoms with Crippen LogP contribution in [0.4, 0.5) is 16.2 Å². The third kappa shape index (κ3) is 13.4. The number of rotatable bonds is 22. The number of ether oxygens (including phenoxy) is 1. The fraction of sp³-hybridized carbons (Fsp3) is 0.532. The van der Waals surface area contributed by atoms with Gasteiger partial charge in [0.2, 0.25) is 17.5 Å². The fourth-order valence-corrected chi connectivity index (χ4v) is 8.53. The van der Waals surface area contributed by atoms with Crippen LogP contribution in [0.15, 0.2) is 83.4 Å². The Bertz CT molecular complexity index is 2080. The summed E-state index contributed by atoms with van der Waals surface area (Å²) in [5, 5.41) is 5.76. The van der Waals surface area contributed by atoms with Crippen molar-refractivity contribution in [1.82, 2.24) is 10.6 Å². The number of hydrogen-bond acceptors (Lipinski definition) is 7. The highest BCUT2D eigenvalue weighted by molar-refractivity contribution is 7.85. The summed E-state index contributed by atoms with van der Waals surface area (Å²) in [6, 6.07) is 13.3. The predicted octanol–water partition coefficient (Wildman–Crippen LogP) is 8.52. The lowest BCUT2D eigenvalue weighted by molar-refractivity contribution is -0.438. The molecule has 0 saturated heterocycles. The number of benzene rings is 2.